The van der Waals surface area contributed by atoms with Gasteiger partial charge >= 0.3 is 12.1 Å². The van der Waals surface area contributed by atoms with E-state index >= 15 is 0 Å². The number of esters is 1. The SMILES string of the molecule is CCN=C(NC(=O)OCC)Nc1cccc(C(=O)NCC(=O)NC(CC(=O)OC(C)(C)C)c2cc(Cl)cc(Cl)c2)c1. The molecule has 11 nitrogen and oxygen atoms in total. The highest BCUT2D eigenvalue weighted by Crippen LogP contribution is 2.26. The second-order valence-corrected chi connectivity index (χ2v) is 10.5. The molecule has 0 radical (unpaired) electrons. The number of hydrogen-bond donors (Lipinski definition) is 4. The van der Waals surface area contributed by atoms with Gasteiger partial charge in [-0.3, -0.25) is 24.7 Å². The molecule has 0 saturated heterocycles. The van der Waals surface area contributed by atoms with Crippen LogP contribution in [0.3, 0.4) is 0 Å². The van der Waals surface area contributed by atoms with E-state index in [1.807, 2.05) is 0 Å². The normalized spacial score (nSPS) is 12.1. The van der Waals surface area contributed by atoms with Crippen LogP contribution >= 0.6 is 23.2 Å². The minimum absolute atomic E-state index is 0.153. The lowest BCUT2D eigenvalue weighted by atomic mass is 10.0. The maximum absolute atomic E-state index is 12.8. The van der Waals surface area contributed by atoms with E-state index in [-0.39, 0.29) is 31.1 Å². The summed E-state index contributed by atoms with van der Waals surface area (Å²) in [5, 5.41) is 11.4. The average molecular weight is 609 g/mol. The predicted octanol–water partition coefficient (Wildman–Crippen LogP) is 4.85. The summed E-state index contributed by atoms with van der Waals surface area (Å²) in [7, 11) is 0. The number of nitrogens with one attached hydrogen (secondary N) is 4. The third-order valence-corrected chi connectivity index (χ3v) is 5.46. The second-order valence-electron chi connectivity index (χ2n) is 9.67. The number of benzene rings is 2. The first-order chi connectivity index (χ1) is 19.3. The number of nitrogens with zero attached hydrogens (tertiary/aromatic N) is 1. The van der Waals surface area contributed by atoms with Crippen LogP contribution in [0.15, 0.2) is 47.5 Å². The smallest absolute Gasteiger partial charge is 0.413 e. The van der Waals surface area contributed by atoms with Crippen LogP contribution in [0.1, 0.15) is 63.0 Å². The number of rotatable bonds is 10. The van der Waals surface area contributed by atoms with Gasteiger partial charge in [-0.2, -0.15) is 0 Å². The second kappa shape index (κ2) is 15.8. The van der Waals surface area contributed by atoms with Crippen molar-refractivity contribution < 1.29 is 28.7 Å². The quantitative estimate of drug-likeness (QED) is 0.171. The van der Waals surface area contributed by atoms with E-state index in [4.69, 9.17) is 32.7 Å². The lowest BCUT2D eigenvalue weighted by Crippen LogP contribution is -2.40. The zero-order valence-corrected chi connectivity index (χ0v) is 25.1. The Labute approximate surface area is 249 Å². The molecule has 0 spiro atoms. The number of hydrogen-bond acceptors (Lipinski definition) is 7. The van der Waals surface area contributed by atoms with E-state index in [0.29, 0.717) is 27.8 Å². The molecule has 2 aromatic rings. The molecule has 222 valence electrons. The summed E-state index contributed by atoms with van der Waals surface area (Å²) in [6.07, 6.45) is -0.847. The largest absolute Gasteiger partial charge is 0.460 e. The van der Waals surface area contributed by atoms with Gasteiger partial charge in [0.25, 0.3) is 5.91 Å². The van der Waals surface area contributed by atoms with E-state index in [0.717, 1.165) is 0 Å². The van der Waals surface area contributed by atoms with Crippen LogP contribution in [-0.4, -0.2) is 55.1 Å². The van der Waals surface area contributed by atoms with Crippen LogP contribution < -0.4 is 21.3 Å². The Balaban J connectivity index is 2.08. The van der Waals surface area contributed by atoms with Crippen molar-refractivity contribution in [2.45, 2.75) is 52.7 Å². The van der Waals surface area contributed by atoms with Crippen LogP contribution in [0.25, 0.3) is 0 Å². The highest BCUT2D eigenvalue weighted by Gasteiger charge is 2.24. The molecular formula is C28H35Cl2N5O6. The van der Waals surface area contributed by atoms with Gasteiger partial charge < -0.3 is 25.4 Å². The fraction of sp³-hybridized carbons (Fsp3) is 0.393. The van der Waals surface area contributed by atoms with Crippen molar-refractivity contribution in [2.75, 3.05) is 25.0 Å². The Morgan fingerprint density at radius 2 is 1.68 bits per heavy atom. The van der Waals surface area contributed by atoms with Gasteiger partial charge in [-0.1, -0.05) is 29.3 Å². The molecule has 13 heteroatoms. The summed E-state index contributed by atoms with van der Waals surface area (Å²) < 4.78 is 10.3. The van der Waals surface area contributed by atoms with Crippen molar-refractivity contribution in [3.63, 3.8) is 0 Å². The van der Waals surface area contributed by atoms with Gasteiger partial charge in [0.2, 0.25) is 11.9 Å². The molecule has 2 aromatic carbocycles. The molecule has 0 saturated carbocycles. The van der Waals surface area contributed by atoms with Crippen molar-refractivity contribution in [3.8, 4) is 0 Å². The van der Waals surface area contributed by atoms with Gasteiger partial charge in [-0.25, -0.2) is 4.79 Å². The van der Waals surface area contributed by atoms with Crippen LogP contribution in [0.5, 0.6) is 0 Å². The fourth-order valence-electron chi connectivity index (χ4n) is 3.49. The fourth-order valence-corrected chi connectivity index (χ4v) is 4.04. The number of ether oxygens (including phenoxy) is 2. The Kier molecular flexibility index (Phi) is 12.9. The Bertz CT molecular complexity index is 1260. The lowest BCUT2D eigenvalue weighted by Gasteiger charge is -2.23. The molecule has 41 heavy (non-hydrogen) atoms. The highest BCUT2D eigenvalue weighted by molar-refractivity contribution is 6.34. The number of carbonyl (C=O) groups excluding carboxylic acids is 4. The van der Waals surface area contributed by atoms with Crippen molar-refractivity contribution >= 4 is 58.7 Å². The summed E-state index contributed by atoms with van der Waals surface area (Å²) in [5.74, 6) is -1.45. The molecule has 0 bridgehead atoms. The van der Waals surface area contributed by atoms with Gasteiger partial charge in [-0.15, -0.1) is 0 Å². The molecule has 3 amide bonds. The molecular weight excluding hydrogens is 573 g/mol. The molecule has 1 atom stereocenters. The summed E-state index contributed by atoms with van der Waals surface area (Å²) in [5.41, 5.74) is 0.517. The first-order valence-corrected chi connectivity index (χ1v) is 13.7. The van der Waals surface area contributed by atoms with E-state index in [1.165, 1.54) is 12.1 Å². The zero-order chi connectivity index (χ0) is 30.6. The Morgan fingerprint density at radius 3 is 2.29 bits per heavy atom. The number of aliphatic imine (C=N–C) groups is 1. The van der Waals surface area contributed by atoms with Crippen LogP contribution in [-0.2, 0) is 19.1 Å². The first-order valence-electron chi connectivity index (χ1n) is 12.9. The summed E-state index contributed by atoms with van der Waals surface area (Å²) in [4.78, 5) is 54.1. The minimum atomic E-state index is -0.804. The van der Waals surface area contributed by atoms with Crippen LogP contribution in [0.2, 0.25) is 10.0 Å². The summed E-state index contributed by atoms with van der Waals surface area (Å²) in [6, 6.07) is 10.3. The van der Waals surface area contributed by atoms with E-state index in [1.54, 1.807) is 65.0 Å². The highest BCUT2D eigenvalue weighted by atomic mass is 35.5. The molecule has 0 aliphatic heterocycles. The Morgan fingerprint density at radius 1 is 1.00 bits per heavy atom. The molecule has 0 fully saturated rings. The van der Waals surface area contributed by atoms with Crippen molar-refractivity contribution in [2.24, 2.45) is 4.99 Å². The molecule has 0 aliphatic carbocycles. The minimum Gasteiger partial charge on any atom is -0.460 e. The standard InChI is InChI=1S/C28H35Cl2N5O6/c1-6-31-26(35-27(39)40-7-2)33-21-10-8-9-17(13-21)25(38)32-16-23(36)34-22(15-24(37)41-28(3,4)5)18-11-19(29)14-20(30)12-18/h8-14,22H,6-7,15-16H2,1-5H3,(H,32,38)(H,34,36)(H2,31,33,35,39). The average Bonchev–Trinajstić information content (AvgIpc) is 2.85. The lowest BCUT2D eigenvalue weighted by molar-refractivity contribution is -0.155. The van der Waals surface area contributed by atoms with Crippen molar-refractivity contribution in [1.82, 2.24) is 16.0 Å². The number of anilines is 1. The monoisotopic (exact) mass is 607 g/mol. The van der Waals surface area contributed by atoms with Gasteiger partial charge in [0.05, 0.1) is 25.6 Å². The predicted molar refractivity (Wildman–Crippen MR) is 158 cm³/mol. The van der Waals surface area contributed by atoms with Gasteiger partial charge in [-0.05, 0) is 76.6 Å². The number of halogens is 2. The van der Waals surface area contributed by atoms with Crippen LogP contribution in [0, 0.1) is 0 Å². The number of guanidine groups is 1. The maximum Gasteiger partial charge on any atom is 0.413 e. The molecule has 0 aliphatic rings. The van der Waals surface area contributed by atoms with E-state index in [9.17, 15) is 19.2 Å². The van der Waals surface area contributed by atoms with Gasteiger partial charge in [0.1, 0.15) is 5.60 Å². The Hall–Kier alpha value is -3.83. The first kappa shape index (κ1) is 33.4. The number of amides is 3. The third kappa shape index (κ3) is 12.5. The van der Waals surface area contributed by atoms with Crippen molar-refractivity contribution in [1.29, 1.82) is 0 Å². The van der Waals surface area contributed by atoms with Gasteiger partial charge in [0, 0.05) is 27.8 Å². The third-order valence-electron chi connectivity index (χ3n) is 5.02. The summed E-state index contributed by atoms with van der Waals surface area (Å²) >= 11 is 12.3. The van der Waals surface area contributed by atoms with E-state index in [2.05, 4.69) is 26.3 Å². The topological polar surface area (TPSA) is 147 Å². The molecule has 1 unspecified atom stereocenters. The zero-order valence-electron chi connectivity index (χ0n) is 23.6. The van der Waals surface area contributed by atoms with Gasteiger partial charge in [0.15, 0.2) is 0 Å². The van der Waals surface area contributed by atoms with E-state index < -0.39 is 35.5 Å². The number of carbonyl (C=O) groups is 4. The van der Waals surface area contributed by atoms with Crippen molar-refractivity contribution in [3.05, 3.63) is 63.6 Å². The molecule has 0 aromatic heterocycles. The molecule has 4 N–H and O–H groups in total. The maximum atomic E-state index is 12.8. The van der Waals surface area contributed by atoms with Crippen LogP contribution in [0.4, 0.5) is 10.5 Å². The molecule has 2 rings (SSSR count). The molecule has 0 heterocycles. The number of alkyl carbamates (subject to hydrolysis) is 1. The summed E-state index contributed by atoms with van der Waals surface area (Å²) in [6.45, 7) is 8.91.